The molecular weight excluding hydrogens is 307 g/mol. The molecule has 3 aromatic rings. The van der Waals surface area contributed by atoms with Crippen molar-refractivity contribution in [1.82, 2.24) is 9.55 Å². The predicted octanol–water partition coefficient (Wildman–Crippen LogP) is 3.41. The maximum atomic E-state index is 14.4. The van der Waals surface area contributed by atoms with E-state index in [9.17, 15) is 14.3 Å². The Kier molecular flexibility index (Phi) is 3.97. The van der Waals surface area contributed by atoms with Gasteiger partial charge < -0.3 is 5.11 Å². The van der Waals surface area contributed by atoms with E-state index in [-0.39, 0.29) is 16.9 Å². The fourth-order valence-corrected chi connectivity index (χ4v) is 2.91. The summed E-state index contributed by atoms with van der Waals surface area (Å²) in [6.45, 7) is 5.28. The van der Waals surface area contributed by atoms with Gasteiger partial charge in [0.15, 0.2) is 0 Å². The highest BCUT2D eigenvalue weighted by Crippen LogP contribution is 2.27. The van der Waals surface area contributed by atoms with E-state index in [1.807, 2.05) is 6.92 Å². The van der Waals surface area contributed by atoms with Crippen LogP contribution in [0, 0.1) is 19.7 Å². The van der Waals surface area contributed by atoms with Gasteiger partial charge in [0.25, 0.3) is 5.56 Å². The highest BCUT2D eigenvalue weighted by Gasteiger charge is 2.17. The van der Waals surface area contributed by atoms with Gasteiger partial charge in [-0.1, -0.05) is 12.1 Å². The Balaban J connectivity index is 2.43. The third kappa shape index (κ3) is 2.61. The molecule has 2 aromatic carbocycles. The lowest BCUT2D eigenvalue weighted by Crippen LogP contribution is -2.21. The first kappa shape index (κ1) is 16.3. The lowest BCUT2D eigenvalue weighted by Gasteiger charge is -2.14. The Labute approximate surface area is 139 Å². The molecule has 0 amide bonds. The van der Waals surface area contributed by atoms with Gasteiger partial charge in [-0.2, -0.15) is 0 Å². The summed E-state index contributed by atoms with van der Waals surface area (Å²) in [5.74, 6) is -0.182. The van der Waals surface area contributed by atoms with Crippen molar-refractivity contribution in [2.24, 2.45) is 7.05 Å². The van der Waals surface area contributed by atoms with E-state index in [0.29, 0.717) is 16.5 Å². The summed E-state index contributed by atoms with van der Waals surface area (Å²) in [6.07, 6.45) is -0.775. The van der Waals surface area contributed by atoms with Gasteiger partial charge in [0.05, 0.1) is 22.6 Å². The molecule has 0 spiro atoms. The summed E-state index contributed by atoms with van der Waals surface area (Å²) in [7, 11) is 1.58. The molecule has 3 rings (SSSR count). The molecule has 0 saturated carbocycles. The first-order valence-electron chi connectivity index (χ1n) is 7.75. The molecule has 0 aliphatic rings. The maximum Gasteiger partial charge on any atom is 0.261 e. The minimum Gasteiger partial charge on any atom is -0.389 e. The van der Waals surface area contributed by atoms with E-state index in [0.717, 1.165) is 11.1 Å². The van der Waals surface area contributed by atoms with Crippen molar-refractivity contribution in [2.45, 2.75) is 26.9 Å². The van der Waals surface area contributed by atoms with Crippen molar-refractivity contribution in [1.29, 1.82) is 0 Å². The zero-order chi connectivity index (χ0) is 17.6. The summed E-state index contributed by atoms with van der Waals surface area (Å²) >= 11 is 0. The molecule has 5 heteroatoms. The first-order chi connectivity index (χ1) is 11.3. The van der Waals surface area contributed by atoms with Crippen LogP contribution in [0.15, 0.2) is 35.1 Å². The van der Waals surface area contributed by atoms with E-state index < -0.39 is 11.9 Å². The fraction of sp³-hybridized carbons (Fsp3) is 0.263. The third-order valence-electron chi connectivity index (χ3n) is 4.17. The molecule has 0 radical (unpaired) electrons. The van der Waals surface area contributed by atoms with Gasteiger partial charge in [0.2, 0.25) is 0 Å². The van der Waals surface area contributed by atoms with Crippen LogP contribution in [-0.2, 0) is 7.05 Å². The summed E-state index contributed by atoms with van der Waals surface area (Å²) in [5.41, 5.74) is 2.64. The van der Waals surface area contributed by atoms with Crippen molar-refractivity contribution in [2.75, 3.05) is 0 Å². The van der Waals surface area contributed by atoms with Crippen molar-refractivity contribution in [3.63, 3.8) is 0 Å². The number of hydrogen-bond donors (Lipinski definition) is 1. The maximum absolute atomic E-state index is 14.4. The number of benzene rings is 2. The van der Waals surface area contributed by atoms with Crippen LogP contribution in [0.4, 0.5) is 4.39 Å². The lowest BCUT2D eigenvalue weighted by molar-refractivity contribution is 0.200. The van der Waals surface area contributed by atoms with E-state index in [1.54, 1.807) is 45.2 Å². The number of rotatable bonds is 2. The molecule has 0 aliphatic carbocycles. The Morgan fingerprint density at radius 2 is 1.88 bits per heavy atom. The third-order valence-corrected chi connectivity index (χ3v) is 4.17. The molecule has 1 atom stereocenters. The van der Waals surface area contributed by atoms with Crippen molar-refractivity contribution in [3.05, 3.63) is 63.2 Å². The topological polar surface area (TPSA) is 55.1 Å². The van der Waals surface area contributed by atoms with Crippen LogP contribution in [-0.4, -0.2) is 14.7 Å². The average molecular weight is 326 g/mol. The van der Waals surface area contributed by atoms with Crippen LogP contribution in [0.25, 0.3) is 22.3 Å². The Morgan fingerprint density at radius 3 is 2.50 bits per heavy atom. The van der Waals surface area contributed by atoms with Gasteiger partial charge in [0.1, 0.15) is 11.6 Å². The average Bonchev–Trinajstić information content (AvgIpc) is 2.51. The molecule has 0 aliphatic heterocycles. The molecule has 0 saturated heterocycles. The molecule has 1 heterocycles. The second-order valence-electron chi connectivity index (χ2n) is 6.21. The molecule has 1 N–H and O–H groups in total. The Morgan fingerprint density at radius 1 is 1.17 bits per heavy atom. The zero-order valence-corrected chi connectivity index (χ0v) is 14.1. The minimum atomic E-state index is -0.775. The number of aliphatic hydroxyl groups excluding tert-OH is 1. The number of aryl methyl sites for hydroxylation is 2. The number of aliphatic hydroxyl groups is 1. The van der Waals surface area contributed by atoms with Crippen LogP contribution in [0.2, 0.25) is 0 Å². The number of fused-ring (bicyclic) bond motifs is 1. The molecule has 124 valence electrons. The van der Waals surface area contributed by atoms with Gasteiger partial charge >= 0.3 is 0 Å². The normalized spacial score (nSPS) is 12.6. The monoisotopic (exact) mass is 326 g/mol. The summed E-state index contributed by atoms with van der Waals surface area (Å²) < 4.78 is 15.7. The molecular formula is C19H19FN2O2. The number of nitrogens with zero attached hydrogens (tertiary/aromatic N) is 2. The number of hydrogen-bond acceptors (Lipinski definition) is 3. The Hall–Kier alpha value is -2.53. The summed E-state index contributed by atoms with van der Waals surface area (Å²) in [6, 6.07) is 8.35. The summed E-state index contributed by atoms with van der Waals surface area (Å²) in [4.78, 5) is 17.3. The number of halogens is 1. The second-order valence-corrected chi connectivity index (χ2v) is 6.21. The standard InChI is InChI=1S/C19H19FN2O2/c1-10-5-6-13(16(20)9-10)18-21-17-14(12(3)23)7-11(2)8-15(17)19(24)22(18)4/h5-9,12,23H,1-4H3. The quantitative estimate of drug-likeness (QED) is 0.785. The van der Waals surface area contributed by atoms with Crippen molar-refractivity contribution < 1.29 is 9.50 Å². The first-order valence-corrected chi connectivity index (χ1v) is 7.75. The SMILES string of the molecule is Cc1ccc(-c2nc3c(C(C)O)cc(C)cc3c(=O)n2C)c(F)c1. The molecule has 4 nitrogen and oxygen atoms in total. The van der Waals surface area contributed by atoms with Gasteiger partial charge in [-0.05, 0) is 50.1 Å². The van der Waals surface area contributed by atoms with Crippen LogP contribution < -0.4 is 5.56 Å². The van der Waals surface area contributed by atoms with Gasteiger partial charge in [-0.15, -0.1) is 0 Å². The van der Waals surface area contributed by atoms with Gasteiger partial charge in [-0.25, -0.2) is 9.37 Å². The highest BCUT2D eigenvalue weighted by molar-refractivity contribution is 5.84. The van der Waals surface area contributed by atoms with Crippen molar-refractivity contribution in [3.8, 4) is 11.4 Å². The van der Waals surface area contributed by atoms with Crippen LogP contribution in [0.1, 0.15) is 29.7 Å². The molecule has 0 fully saturated rings. The molecule has 1 aromatic heterocycles. The number of aromatic nitrogens is 2. The van der Waals surface area contributed by atoms with Gasteiger partial charge in [-0.3, -0.25) is 9.36 Å². The van der Waals surface area contributed by atoms with E-state index in [2.05, 4.69) is 4.98 Å². The van der Waals surface area contributed by atoms with Crippen LogP contribution in [0.5, 0.6) is 0 Å². The predicted molar refractivity (Wildman–Crippen MR) is 92.5 cm³/mol. The van der Waals surface area contributed by atoms with E-state index in [1.165, 1.54) is 10.6 Å². The smallest absolute Gasteiger partial charge is 0.261 e. The van der Waals surface area contributed by atoms with Crippen LogP contribution in [0.3, 0.4) is 0 Å². The zero-order valence-electron chi connectivity index (χ0n) is 14.1. The summed E-state index contributed by atoms with van der Waals surface area (Å²) in [5, 5.41) is 10.5. The lowest BCUT2D eigenvalue weighted by atomic mass is 10.0. The highest BCUT2D eigenvalue weighted by atomic mass is 19.1. The Bertz CT molecular complexity index is 1010. The van der Waals surface area contributed by atoms with Crippen molar-refractivity contribution >= 4 is 10.9 Å². The van der Waals surface area contributed by atoms with E-state index >= 15 is 0 Å². The van der Waals surface area contributed by atoms with E-state index in [4.69, 9.17) is 0 Å². The minimum absolute atomic E-state index is 0.246. The van der Waals surface area contributed by atoms with Crippen LogP contribution >= 0.6 is 0 Å². The second kappa shape index (κ2) is 5.83. The van der Waals surface area contributed by atoms with Gasteiger partial charge in [0, 0.05) is 12.6 Å². The largest absolute Gasteiger partial charge is 0.389 e. The molecule has 1 unspecified atom stereocenters. The fourth-order valence-electron chi connectivity index (χ4n) is 2.91. The molecule has 0 bridgehead atoms. The molecule has 24 heavy (non-hydrogen) atoms.